The van der Waals surface area contributed by atoms with Crippen LogP contribution in [-0.4, -0.2) is 41.2 Å². The SMILES string of the molecule is CC(CCn1cc(C2CCC3CCCC(=O)C3C2)cn1)(CS(=O)[O-])C(=O)NO. The normalized spacial score (nSPS) is 28.2. The molecule has 0 radical (unpaired) electrons. The molecule has 1 aromatic heterocycles. The van der Waals surface area contributed by atoms with Crippen LogP contribution in [0.25, 0.3) is 0 Å². The number of fused-ring (bicyclic) bond motifs is 1. The average Bonchev–Trinajstić information content (AvgIpc) is 3.14. The molecule has 156 valence electrons. The van der Waals surface area contributed by atoms with Crippen molar-refractivity contribution >= 4 is 22.8 Å². The van der Waals surface area contributed by atoms with E-state index in [1.54, 1.807) is 10.2 Å². The predicted molar refractivity (Wildman–Crippen MR) is 101 cm³/mol. The first-order chi connectivity index (χ1) is 13.3. The summed E-state index contributed by atoms with van der Waals surface area (Å²) < 4.78 is 23.9. The summed E-state index contributed by atoms with van der Waals surface area (Å²) in [6.07, 6.45) is 9.89. The Balaban J connectivity index is 1.63. The molecule has 0 bridgehead atoms. The zero-order valence-corrected chi connectivity index (χ0v) is 17.0. The highest BCUT2D eigenvalue weighted by atomic mass is 32.2. The molecule has 5 unspecified atom stereocenters. The Morgan fingerprint density at radius 2 is 2.25 bits per heavy atom. The quantitative estimate of drug-likeness (QED) is 0.402. The molecule has 2 fully saturated rings. The van der Waals surface area contributed by atoms with E-state index in [1.165, 1.54) is 6.92 Å². The van der Waals surface area contributed by atoms with Gasteiger partial charge in [-0.3, -0.25) is 23.7 Å². The minimum atomic E-state index is -2.40. The number of hydrogen-bond acceptors (Lipinski definition) is 6. The highest BCUT2D eigenvalue weighted by Gasteiger charge is 2.38. The fraction of sp³-hybridized carbons (Fsp3) is 0.737. The molecule has 2 aliphatic carbocycles. The highest BCUT2D eigenvalue weighted by molar-refractivity contribution is 7.79. The molecule has 3 rings (SSSR count). The summed E-state index contributed by atoms with van der Waals surface area (Å²) >= 11 is -2.40. The summed E-state index contributed by atoms with van der Waals surface area (Å²) in [6, 6.07) is 0. The number of carbonyl (C=O) groups is 2. The van der Waals surface area contributed by atoms with Crippen LogP contribution in [0.5, 0.6) is 0 Å². The van der Waals surface area contributed by atoms with Crippen LogP contribution in [0.1, 0.15) is 63.4 Å². The van der Waals surface area contributed by atoms with E-state index in [-0.39, 0.29) is 18.1 Å². The van der Waals surface area contributed by atoms with Crippen molar-refractivity contribution in [1.82, 2.24) is 15.3 Å². The minimum Gasteiger partial charge on any atom is -0.772 e. The maximum Gasteiger partial charge on any atom is 0.250 e. The zero-order valence-electron chi connectivity index (χ0n) is 16.1. The zero-order chi connectivity index (χ0) is 20.3. The van der Waals surface area contributed by atoms with Gasteiger partial charge in [-0.25, -0.2) is 5.48 Å². The molecule has 2 saturated carbocycles. The molecule has 9 heteroatoms. The summed E-state index contributed by atoms with van der Waals surface area (Å²) in [4.78, 5) is 24.2. The van der Waals surface area contributed by atoms with E-state index in [2.05, 4.69) is 5.10 Å². The predicted octanol–water partition coefficient (Wildman–Crippen LogP) is 1.92. The Morgan fingerprint density at radius 1 is 1.46 bits per heavy atom. The molecule has 1 aromatic rings. The maximum absolute atomic E-state index is 12.3. The number of nitrogens with zero attached hydrogens (tertiary/aromatic N) is 2. The van der Waals surface area contributed by atoms with Crippen molar-refractivity contribution in [2.45, 2.75) is 64.3 Å². The summed E-state index contributed by atoms with van der Waals surface area (Å²) in [7, 11) is 0. The van der Waals surface area contributed by atoms with Crippen LogP contribution in [0.2, 0.25) is 0 Å². The van der Waals surface area contributed by atoms with Gasteiger partial charge in [0.25, 0.3) is 0 Å². The van der Waals surface area contributed by atoms with Gasteiger partial charge in [0.1, 0.15) is 5.78 Å². The van der Waals surface area contributed by atoms with Crippen molar-refractivity contribution < 1.29 is 23.6 Å². The van der Waals surface area contributed by atoms with Crippen LogP contribution < -0.4 is 5.48 Å². The number of hydroxylamine groups is 1. The first-order valence-corrected chi connectivity index (χ1v) is 11.1. The largest absolute Gasteiger partial charge is 0.772 e. The van der Waals surface area contributed by atoms with Gasteiger partial charge < -0.3 is 4.55 Å². The van der Waals surface area contributed by atoms with Crippen molar-refractivity contribution in [1.29, 1.82) is 0 Å². The van der Waals surface area contributed by atoms with Gasteiger partial charge in [0.2, 0.25) is 5.91 Å². The summed E-state index contributed by atoms with van der Waals surface area (Å²) in [5.41, 5.74) is 1.42. The fourth-order valence-corrected chi connectivity index (χ4v) is 5.52. The molecule has 28 heavy (non-hydrogen) atoms. The summed E-state index contributed by atoms with van der Waals surface area (Å²) in [6.45, 7) is 1.87. The Bertz CT molecular complexity index is 752. The Hall–Kier alpha value is -1.58. The third-order valence-electron chi connectivity index (χ3n) is 6.51. The van der Waals surface area contributed by atoms with Crippen molar-refractivity contribution in [2.75, 3.05) is 5.75 Å². The van der Waals surface area contributed by atoms with Gasteiger partial charge in [-0.1, -0.05) is 11.1 Å². The molecule has 0 aromatic carbocycles. The lowest BCUT2D eigenvalue weighted by molar-refractivity contribution is -0.138. The van der Waals surface area contributed by atoms with E-state index in [9.17, 15) is 18.4 Å². The molecule has 2 aliphatic rings. The molecule has 0 aliphatic heterocycles. The van der Waals surface area contributed by atoms with Crippen molar-refractivity contribution in [3.05, 3.63) is 18.0 Å². The minimum absolute atomic E-state index is 0.180. The number of Topliss-reactive ketones (excluding diaryl/α,β-unsaturated/α-hetero) is 1. The van der Waals surface area contributed by atoms with E-state index in [1.807, 2.05) is 12.4 Å². The monoisotopic (exact) mass is 410 g/mol. The van der Waals surface area contributed by atoms with Gasteiger partial charge >= 0.3 is 0 Å². The van der Waals surface area contributed by atoms with Crippen LogP contribution in [-0.2, 0) is 27.2 Å². The van der Waals surface area contributed by atoms with Crippen LogP contribution in [0.4, 0.5) is 0 Å². The summed E-state index contributed by atoms with van der Waals surface area (Å²) in [5.74, 6) is 0.348. The molecule has 0 saturated heterocycles. The second kappa shape index (κ2) is 8.84. The maximum atomic E-state index is 12.3. The lowest BCUT2D eigenvalue weighted by Crippen LogP contribution is -2.42. The van der Waals surface area contributed by atoms with Crippen molar-refractivity contribution in [2.24, 2.45) is 17.3 Å². The third kappa shape index (κ3) is 4.69. The first-order valence-electron chi connectivity index (χ1n) is 9.88. The molecule has 2 N–H and O–H groups in total. The van der Waals surface area contributed by atoms with Crippen molar-refractivity contribution in [3.8, 4) is 0 Å². The number of ketones is 1. The number of aromatic nitrogens is 2. The van der Waals surface area contributed by atoms with E-state index < -0.39 is 22.4 Å². The second-order valence-electron chi connectivity index (χ2n) is 8.47. The van der Waals surface area contributed by atoms with Gasteiger partial charge in [0, 0.05) is 30.8 Å². The number of amides is 1. The van der Waals surface area contributed by atoms with Gasteiger partial charge in [0.05, 0.1) is 11.6 Å². The van der Waals surface area contributed by atoms with E-state index in [0.29, 0.717) is 30.6 Å². The Labute approximate surface area is 167 Å². The number of rotatable bonds is 7. The smallest absolute Gasteiger partial charge is 0.250 e. The molecule has 1 amide bonds. The molecule has 5 atom stereocenters. The van der Waals surface area contributed by atoms with E-state index in [0.717, 1.165) is 37.7 Å². The average molecular weight is 411 g/mol. The lowest BCUT2D eigenvalue weighted by atomic mass is 9.66. The molecule has 0 spiro atoms. The van der Waals surface area contributed by atoms with E-state index >= 15 is 0 Å². The van der Waals surface area contributed by atoms with Gasteiger partial charge in [-0.15, -0.1) is 0 Å². The highest BCUT2D eigenvalue weighted by Crippen LogP contribution is 2.44. The second-order valence-corrected chi connectivity index (χ2v) is 9.37. The molecular formula is C19H28N3O5S-. The van der Waals surface area contributed by atoms with E-state index in [4.69, 9.17) is 5.21 Å². The Morgan fingerprint density at radius 3 is 2.96 bits per heavy atom. The van der Waals surface area contributed by atoms with Gasteiger partial charge in [0.15, 0.2) is 0 Å². The fourth-order valence-electron chi connectivity index (χ4n) is 4.72. The van der Waals surface area contributed by atoms with Crippen LogP contribution in [0.15, 0.2) is 12.4 Å². The molecule has 8 nitrogen and oxygen atoms in total. The standard InChI is InChI=1S/C19H29N3O5S/c1-19(12-28(26)27,18(24)21-25)7-8-22-11-15(10-20-22)14-6-5-13-3-2-4-17(23)16(13)9-14/h10-11,13-14,16,25H,2-9,12H2,1H3,(H,21,24)(H,26,27)/p-1. The van der Waals surface area contributed by atoms with Gasteiger partial charge in [-0.05, 0) is 62.8 Å². The van der Waals surface area contributed by atoms with Crippen LogP contribution >= 0.6 is 0 Å². The number of nitrogens with one attached hydrogen (secondary N) is 1. The number of aryl methyl sites for hydroxylation is 1. The third-order valence-corrected chi connectivity index (χ3v) is 7.38. The lowest BCUT2D eigenvalue weighted by Gasteiger charge is -2.38. The van der Waals surface area contributed by atoms with Gasteiger partial charge in [-0.2, -0.15) is 5.10 Å². The van der Waals surface area contributed by atoms with Crippen molar-refractivity contribution in [3.63, 3.8) is 0 Å². The Kier molecular flexibility index (Phi) is 6.67. The van der Waals surface area contributed by atoms with Crippen LogP contribution in [0.3, 0.4) is 0 Å². The molecule has 1 heterocycles. The van der Waals surface area contributed by atoms with Crippen LogP contribution in [0, 0.1) is 17.3 Å². The summed E-state index contributed by atoms with van der Waals surface area (Å²) in [5, 5.41) is 13.3. The molecular weight excluding hydrogens is 382 g/mol. The first kappa shape index (κ1) is 21.1. The topological polar surface area (TPSA) is 124 Å². The number of hydrogen-bond donors (Lipinski definition) is 2. The number of carbonyl (C=O) groups excluding carboxylic acids is 2.